The molecule has 0 radical (unpaired) electrons. The van der Waals surface area contributed by atoms with Gasteiger partial charge in [-0.3, -0.25) is 4.79 Å². The summed E-state index contributed by atoms with van der Waals surface area (Å²) in [6.07, 6.45) is 3.16. The number of carbonyl (C=O) groups excluding carboxylic acids is 1. The molecule has 3 heteroatoms. The molecule has 0 spiro atoms. The van der Waals surface area contributed by atoms with Gasteiger partial charge in [-0.25, -0.2) is 0 Å². The number of carbonyl (C=O) groups is 1. The minimum atomic E-state index is -0.256. The second-order valence-electron chi connectivity index (χ2n) is 7.37. The van der Waals surface area contributed by atoms with Crippen LogP contribution in [-0.2, 0) is 10.2 Å². The smallest absolute Gasteiger partial charge is 0.233 e. The maximum absolute atomic E-state index is 13.4. The first-order valence-electron chi connectivity index (χ1n) is 8.64. The summed E-state index contributed by atoms with van der Waals surface area (Å²) in [5.74, 6) is 0.904. The number of benzene rings is 1. The van der Waals surface area contributed by atoms with E-state index in [1.54, 1.807) is 0 Å². The molecular weight excluding hydrogens is 272 g/mol. The second kappa shape index (κ2) is 6.04. The summed E-state index contributed by atoms with van der Waals surface area (Å²) in [5.41, 5.74) is 0.951. The molecular formula is C19H28N2O. The Morgan fingerprint density at radius 1 is 1.27 bits per heavy atom. The van der Waals surface area contributed by atoms with Crippen molar-refractivity contribution in [3.05, 3.63) is 35.9 Å². The molecule has 2 fully saturated rings. The predicted octanol–water partition coefficient (Wildman–Crippen LogP) is 2.95. The number of piperazine rings is 1. The average molecular weight is 300 g/mol. The zero-order valence-electron chi connectivity index (χ0n) is 14.0. The summed E-state index contributed by atoms with van der Waals surface area (Å²) in [6.45, 7) is 8.36. The Hall–Kier alpha value is -1.35. The van der Waals surface area contributed by atoms with E-state index in [-0.39, 0.29) is 11.5 Å². The van der Waals surface area contributed by atoms with Gasteiger partial charge in [0.25, 0.3) is 0 Å². The standard InChI is InChI=1S/C19H28N2O/c1-14(2)17-13-21(15(3)12-20-17)18(22)19(10-7-11-19)16-8-5-4-6-9-16/h4-6,8-9,14-15,17,20H,7,10-13H2,1-3H3. The van der Waals surface area contributed by atoms with E-state index in [2.05, 4.69) is 55.3 Å². The maximum atomic E-state index is 13.4. The number of amides is 1. The fraction of sp³-hybridized carbons (Fsp3) is 0.632. The number of nitrogens with one attached hydrogen (secondary N) is 1. The normalized spacial score (nSPS) is 27.5. The molecule has 1 saturated carbocycles. The third-order valence-electron chi connectivity index (χ3n) is 5.61. The summed E-state index contributed by atoms with van der Waals surface area (Å²) >= 11 is 0. The van der Waals surface area contributed by atoms with E-state index < -0.39 is 0 Å². The monoisotopic (exact) mass is 300 g/mol. The van der Waals surface area contributed by atoms with Gasteiger partial charge in [-0.05, 0) is 31.2 Å². The van der Waals surface area contributed by atoms with Crippen LogP contribution in [0.25, 0.3) is 0 Å². The Kier molecular flexibility index (Phi) is 4.26. The van der Waals surface area contributed by atoms with E-state index in [0.29, 0.717) is 17.9 Å². The zero-order chi connectivity index (χ0) is 15.7. The third-order valence-corrected chi connectivity index (χ3v) is 5.61. The van der Waals surface area contributed by atoms with Gasteiger partial charge in [0, 0.05) is 25.2 Å². The lowest BCUT2D eigenvalue weighted by Crippen LogP contribution is -2.63. The number of nitrogens with zero attached hydrogens (tertiary/aromatic N) is 1. The molecule has 3 rings (SSSR count). The van der Waals surface area contributed by atoms with Gasteiger partial charge in [-0.1, -0.05) is 50.6 Å². The van der Waals surface area contributed by atoms with Gasteiger partial charge in [0.05, 0.1) is 5.41 Å². The van der Waals surface area contributed by atoms with Crippen LogP contribution in [0.4, 0.5) is 0 Å². The number of hydrogen-bond acceptors (Lipinski definition) is 2. The summed E-state index contributed by atoms with van der Waals surface area (Å²) in [7, 11) is 0. The Morgan fingerprint density at radius 2 is 1.95 bits per heavy atom. The van der Waals surface area contributed by atoms with E-state index in [0.717, 1.165) is 32.4 Å². The first-order valence-corrected chi connectivity index (χ1v) is 8.64. The van der Waals surface area contributed by atoms with Crippen LogP contribution in [0.2, 0.25) is 0 Å². The molecule has 1 amide bonds. The molecule has 0 aromatic heterocycles. The highest BCUT2D eigenvalue weighted by atomic mass is 16.2. The van der Waals surface area contributed by atoms with Crippen molar-refractivity contribution < 1.29 is 4.79 Å². The number of rotatable bonds is 3. The Balaban J connectivity index is 1.85. The van der Waals surface area contributed by atoms with Gasteiger partial charge in [0.15, 0.2) is 0 Å². The van der Waals surface area contributed by atoms with Gasteiger partial charge < -0.3 is 10.2 Å². The highest BCUT2D eigenvalue weighted by Crippen LogP contribution is 2.45. The minimum Gasteiger partial charge on any atom is -0.336 e. The molecule has 1 aromatic carbocycles. The van der Waals surface area contributed by atoms with Gasteiger partial charge >= 0.3 is 0 Å². The lowest BCUT2D eigenvalue weighted by atomic mass is 9.63. The molecule has 22 heavy (non-hydrogen) atoms. The minimum absolute atomic E-state index is 0.256. The number of hydrogen-bond donors (Lipinski definition) is 1. The zero-order valence-corrected chi connectivity index (χ0v) is 14.0. The van der Waals surface area contributed by atoms with Crippen LogP contribution in [0.3, 0.4) is 0 Å². The van der Waals surface area contributed by atoms with Crippen LogP contribution in [0.1, 0.15) is 45.6 Å². The van der Waals surface area contributed by atoms with E-state index in [1.165, 1.54) is 5.56 Å². The highest BCUT2D eigenvalue weighted by Gasteiger charge is 2.49. The fourth-order valence-corrected chi connectivity index (χ4v) is 3.81. The van der Waals surface area contributed by atoms with E-state index in [4.69, 9.17) is 0 Å². The van der Waals surface area contributed by atoms with Crippen LogP contribution in [0.5, 0.6) is 0 Å². The summed E-state index contributed by atoms with van der Waals surface area (Å²) < 4.78 is 0. The molecule has 1 saturated heterocycles. The lowest BCUT2D eigenvalue weighted by molar-refractivity contribution is -0.145. The molecule has 2 unspecified atom stereocenters. The molecule has 1 aliphatic carbocycles. The molecule has 1 heterocycles. The van der Waals surface area contributed by atoms with Gasteiger partial charge in [0.2, 0.25) is 5.91 Å². The first kappa shape index (κ1) is 15.5. The summed E-state index contributed by atoms with van der Waals surface area (Å²) in [4.78, 5) is 15.5. The first-order chi connectivity index (χ1) is 10.5. The van der Waals surface area contributed by atoms with Crippen molar-refractivity contribution in [2.75, 3.05) is 13.1 Å². The topological polar surface area (TPSA) is 32.3 Å². The van der Waals surface area contributed by atoms with E-state index in [1.807, 2.05) is 6.07 Å². The van der Waals surface area contributed by atoms with Crippen molar-refractivity contribution in [2.45, 2.75) is 57.5 Å². The van der Waals surface area contributed by atoms with Crippen LogP contribution >= 0.6 is 0 Å². The molecule has 2 atom stereocenters. The van der Waals surface area contributed by atoms with Crippen LogP contribution in [-0.4, -0.2) is 36.0 Å². The molecule has 120 valence electrons. The molecule has 0 bridgehead atoms. The van der Waals surface area contributed by atoms with Crippen LogP contribution in [0.15, 0.2) is 30.3 Å². The Morgan fingerprint density at radius 3 is 2.50 bits per heavy atom. The Bertz CT molecular complexity index is 521. The van der Waals surface area contributed by atoms with Crippen molar-refractivity contribution in [2.24, 2.45) is 5.92 Å². The average Bonchev–Trinajstić information content (AvgIpc) is 2.47. The van der Waals surface area contributed by atoms with Crippen molar-refractivity contribution in [3.8, 4) is 0 Å². The summed E-state index contributed by atoms with van der Waals surface area (Å²) in [5, 5.41) is 3.59. The fourth-order valence-electron chi connectivity index (χ4n) is 3.81. The van der Waals surface area contributed by atoms with E-state index in [9.17, 15) is 4.79 Å². The van der Waals surface area contributed by atoms with Gasteiger partial charge in [0.1, 0.15) is 0 Å². The molecule has 1 aromatic rings. The van der Waals surface area contributed by atoms with Gasteiger partial charge in [-0.15, -0.1) is 0 Å². The van der Waals surface area contributed by atoms with Gasteiger partial charge in [-0.2, -0.15) is 0 Å². The van der Waals surface area contributed by atoms with Crippen molar-refractivity contribution in [1.29, 1.82) is 0 Å². The maximum Gasteiger partial charge on any atom is 0.233 e. The van der Waals surface area contributed by atoms with Crippen LogP contribution in [0, 0.1) is 5.92 Å². The quantitative estimate of drug-likeness (QED) is 0.931. The third kappa shape index (κ3) is 2.56. The van der Waals surface area contributed by atoms with Crippen LogP contribution < -0.4 is 5.32 Å². The van der Waals surface area contributed by atoms with Crippen molar-refractivity contribution in [3.63, 3.8) is 0 Å². The van der Waals surface area contributed by atoms with Crippen molar-refractivity contribution >= 4 is 5.91 Å². The highest BCUT2D eigenvalue weighted by molar-refractivity contribution is 5.89. The Labute approximate surface area is 134 Å². The molecule has 2 aliphatic rings. The summed E-state index contributed by atoms with van der Waals surface area (Å²) in [6, 6.07) is 11.1. The molecule has 1 aliphatic heterocycles. The van der Waals surface area contributed by atoms with E-state index >= 15 is 0 Å². The predicted molar refractivity (Wildman–Crippen MR) is 89.8 cm³/mol. The second-order valence-corrected chi connectivity index (χ2v) is 7.37. The lowest BCUT2D eigenvalue weighted by Gasteiger charge is -2.48. The van der Waals surface area contributed by atoms with Crippen molar-refractivity contribution in [1.82, 2.24) is 10.2 Å². The molecule has 1 N–H and O–H groups in total. The largest absolute Gasteiger partial charge is 0.336 e. The SMILES string of the molecule is CC(C)C1CN(C(=O)C2(c3ccccc3)CCC2)C(C)CN1. The molecule has 3 nitrogen and oxygen atoms in total.